The summed E-state index contributed by atoms with van der Waals surface area (Å²) in [7, 11) is 0. The lowest BCUT2D eigenvalue weighted by Crippen LogP contribution is -2.40. The number of amides is 1. The zero-order valence-electron chi connectivity index (χ0n) is 14.0. The van der Waals surface area contributed by atoms with Crippen molar-refractivity contribution < 1.29 is 9.59 Å². The van der Waals surface area contributed by atoms with Crippen molar-refractivity contribution in [2.75, 3.05) is 10.7 Å². The molecule has 0 N–H and O–H groups in total. The number of anilines is 1. The van der Waals surface area contributed by atoms with E-state index in [0.29, 0.717) is 18.0 Å². The maximum absolute atomic E-state index is 13.0. The van der Waals surface area contributed by atoms with Gasteiger partial charge in [-0.3, -0.25) is 14.5 Å². The highest BCUT2D eigenvalue weighted by molar-refractivity contribution is 8.01. The fourth-order valence-corrected chi connectivity index (χ4v) is 5.81. The summed E-state index contributed by atoms with van der Waals surface area (Å²) in [5, 5.41) is 13.0. The van der Waals surface area contributed by atoms with Crippen molar-refractivity contribution in [3.63, 3.8) is 0 Å². The highest BCUT2D eigenvalue weighted by Gasteiger charge is 2.40. The molecule has 0 aromatic carbocycles. The van der Waals surface area contributed by atoms with E-state index in [2.05, 4.69) is 16.8 Å². The van der Waals surface area contributed by atoms with Crippen LogP contribution in [0.3, 0.4) is 0 Å². The first-order valence-corrected chi connectivity index (χ1v) is 11.1. The van der Waals surface area contributed by atoms with Crippen molar-refractivity contribution in [2.45, 2.75) is 35.9 Å². The lowest BCUT2D eigenvalue weighted by Gasteiger charge is -2.36. The minimum atomic E-state index is -0.129. The van der Waals surface area contributed by atoms with Crippen molar-refractivity contribution in [1.82, 2.24) is 10.2 Å². The van der Waals surface area contributed by atoms with Gasteiger partial charge in [-0.05, 0) is 35.2 Å². The molecular weight excluding hydrogens is 386 g/mol. The van der Waals surface area contributed by atoms with Gasteiger partial charge < -0.3 is 0 Å². The molecule has 1 atom stereocenters. The van der Waals surface area contributed by atoms with Crippen LogP contribution in [0.25, 0.3) is 0 Å². The minimum Gasteiger partial charge on any atom is -0.294 e. The average Bonchev–Trinajstić information content (AvgIpc) is 3.31. The zero-order chi connectivity index (χ0) is 18.1. The minimum absolute atomic E-state index is 0.00827. The van der Waals surface area contributed by atoms with Crippen LogP contribution in [0.2, 0.25) is 0 Å². The van der Waals surface area contributed by atoms with E-state index in [0.717, 1.165) is 39.8 Å². The lowest BCUT2D eigenvalue weighted by atomic mass is 9.78. The van der Waals surface area contributed by atoms with E-state index in [-0.39, 0.29) is 17.6 Å². The summed E-state index contributed by atoms with van der Waals surface area (Å²) in [6, 6.07) is 2.01. The molecule has 1 aliphatic carbocycles. The molecule has 1 unspecified atom stereocenters. The van der Waals surface area contributed by atoms with E-state index < -0.39 is 0 Å². The van der Waals surface area contributed by atoms with Crippen molar-refractivity contribution >= 4 is 51.3 Å². The molecule has 0 saturated carbocycles. The molecule has 4 rings (SSSR count). The third-order valence-electron chi connectivity index (χ3n) is 4.53. The first kappa shape index (κ1) is 17.6. The Bertz CT molecular complexity index is 885. The standard InChI is InChI=1S/C18H17N3O2S3/c1-2-7-25-18-20-19-17(26-18)21-13-4-3-5-14(22)16(13)12(9-15(21)23)11-6-8-24-10-11/h2,6,8,10,12H,1,3-5,7,9H2. The zero-order valence-corrected chi connectivity index (χ0v) is 16.5. The fourth-order valence-electron chi connectivity index (χ4n) is 3.45. The largest absolute Gasteiger partial charge is 0.294 e. The third kappa shape index (κ3) is 3.17. The van der Waals surface area contributed by atoms with Gasteiger partial charge in [0.25, 0.3) is 0 Å². The molecule has 0 radical (unpaired) electrons. The number of carbonyl (C=O) groups excluding carboxylic acids is 2. The molecule has 5 nitrogen and oxygen atoms in total. The van der Waals surface area contributed by atoms with E-state index in [1.54, 1.807) is 28.0 Å². The van der Waals surface area contributed by atoms with Gasteiger partial charge in [0.15, 0.2) is 10.1 Å². The van der Waals surface area contributed by atoms with Crippen molar-refractivity contribution in [2.24, 2.45) is 0 Å². The molecule has 2 aliphatic rings. The maximum Gasteiger partial charge on any atom is 0.234 e. The van der Waals surface area contributed by atoms with E-state index in [1.807, 2.05) is 22.9 Å². The second kappa shape index (κ2) is 7.46. The quantitative estimate of drug-likeness (QED) is 0.420. The molecular formula is C18H17N3O2S3. The Balaban J connectivity index is 1.75. The number of Topliss-reactive ketones (excluding diaryl/α,β-unsaturated/α-hetero) is 1. The Kier molecular flexibility index (Phi) is 5.06. The van der Waals surface area contributed by atoms with Gasteiger partial charge in [-0.2, -0.15) is 11.3 Å². The van der Waals surface area contributed by atoms with Gasteiger partial charge in [0.1, 0.15) is 0 Å². The molecule has 1 aliphatic heterocycles. The summed E-state index contributed by atoms with van der Waals surface area (Å²) >= 11 is 4.53. The summed E-state index contributed by atoms with van der Waals surface area (Å²) in [6.45, 7) is 3.71. The topological polar surface area (TPSA) is 63.2 Å². The Morgan fingerprint density at radius 2 is 2.23 bits per heavy atom. The van der Waals surface area contributed by atoms with Crippen molar-refractivity contribution in [1.29, 1.82) is 0 Å². The fraction of sp³-hybridized carbons (Fsp3) is 0.333. The molecule has 0 saturated heterocycles. The van der Waals surface area contributed by atoms with Crippen LogP contribution in [0.5, 0.6) is 0 Å². The summed E-state index contributed by atoms with van der Waals surface area (Å²) in [5.74, 6) is 0.766. The first-order chi connectivity index (χ1) is 12.7. The summed E-state index contributed by atoms with van der Waals surface area (Å²) < 4.78 is 0.803. The molecule has 8 heteroatoms. The normalized spacial score (nSPS) is 20.5. The van der Waals surface area contributed by atoms with Gasteiger partial charge in [0.2, 0.25) is 11.0 Å². The van der Waals surface area contributed by atoms with Crippen LogP contribution in [-0.4, -0.2) is 27.6 Å². The van der Waals surface area contributed by atoms with Gasteiger partial charge in [0, 0.05) is 35.8 Å². The number of allylic oxidation sites excluding steroid dienone is 2. The lowest BCUT2D eigenvalue weighted by molar-refractivity contribution is -0.119. The Morgan fingerprint density at radius 1 is 1.35 bits per heavy atom. The number of carbonyl (C=O) groups is 2. The second-order valence-corrected chi connectivity index (χ2v) is 9.13. The molecule has 134 valence electrons. The molecule has 26 heavy (non-hydrogen) atoms. The van der Waals surface area contributed by atoms with Gasteiger partial charge in [-0.25, -0.2) is 0 Å². The van der Waals surface area contributed by atoms with Gasteiger partial charge >= 0.3 is 0 Å². The molecule has 0 spiro atoms. The maximum atomic E-state index is 13.0. The van der Waals surface area contributed by atoms with Crippen LogP contribution in [-0.2, 0) is 9.59 Å². The SMILES string of the molecule is C=CCSc1nnc(N2C(=O)CC(c3ccsc3)C3=C2CCCC3=O)s1. The third-order valence-corrected chi connectivity index (χ3v) is 7.27. The number of thioether (sulfide) groups is 1. The molecule has 2 aromatic rings. The van der Waals surface area contributed by atoms with Crippen LogP contribution < -0.4 is 4.90 Å². The van der Waals surface area contributed by atoms with E-state index in [9.17, 15) is 9.59 Å². The number of hydrogen-bond donors (Lipinski definition) is 0. The Labute approximate surface area is 163 Å². The van der Waals surface area contributed by atoms with Gasteiger partial charge in [0.05, 0.1) is 0 Å². The monoisotopic (exact) mass is 403 g/mol. The highest BCUT2D eigenvalue weighted by atomic mass is 32.2. The van der Waals surface area contributed by atoms with Crippen molar-refractivity contribution in [3.8, 4) is 0 Å². The van der Waals surface area contributed by atoms with E-state index in [4.69, 9.17) is 0 Å². The summed E-state index contributed by atoms with van der Waals surface area (Å²) in [4.78, 5) is 27.4. The first-order valence-electron chi connectivity index (χ1n) is 8.37. The molecule has 3 heterocycles. The van der Waals surface area contributed by atoms with E-state index >= 15 is 0 Å². The Hall–Kier alpha value is -1.77. The van der Waals surface area contributed by atoms with Crippen LogP contribution in [0.15, 0.2) is 45.1 Å². The molecule has 1 amide bonds. The Morgan fingerprint density at radius 3 is 3.00 bits per heavy atom. The number of hydrogen-bond acceptors (Lipinski definition) is 7. The molecule has 2 aromatic heterocycles. The number of rotatable bonds is 5. The highest BCUT2D eigenvalue weighted by Crippen LogP contribution is 2.44. The predicted molar refractivity (Wildman–Crippen MR) is 106 cm³/mol. The number of aromatic nitrogens is 2. The number of thiophene rings is 1. The van der Waals surface area contributed by atoms with Crippen LogP contribution >= 0.6 is 34.4 Å². The van der Waals surface area contributed by atoms with Crippen LogP contribution in [0.1, 0.15) is 37.2 Å². The smallest absolute Gasteiger partial charge is 0.234 e. The van der Waals surface area contributed by atoms with Crippen molar-refractivity contribution in [3.05, 3.63) is 46.3 Å². The van der Waals surface area contributed by atoms with Crippen LogP contribution in [0.4, 0.5) is 5.13 Å². The number of ketones is 1. The van der Waals surface area contributed by atoms with E-state index in [1.165, 1.54) is 11.3 Å². The van der Waals surface area contributed by atoms with Gasteiger partial charge in [-0.1, -0.05) is 29.2 Å². The van der Waals surface area contributed by atoms with Gasteiger partial charge in [-0.15, -0.1) is 16.8 Å². The number of nitrogens with zero attached hydrogens (tertiary/aromatic N) is 3. The summed E-state index contributed by atoms with van der Waals surface area (Å²) in [5.41, 5.74) is 2.68. The second-order valence-electron chi connectivity index (χ2n) is 6.13. The molecule has 0 bridgehead atoms. The van der Waals surface area contributed by atoms with Crippen LogP contribution in [0, 0.1) is 0 Å². The average molecular weight is 404 g/mol. The summed E-state index contributed by atoms with van der Waals surface area (Å²) in [6.07, 6.45) is 4.16. The molecule has 0 fully saturated rings. The predicted octanol–water partition coefficient (Wildman–Crippen LogP) is 4.41.